The number of benzene rings is 1. The minimum Gasteiger partial charge on any atom is -0.349 e. The van der Waals surface area contributed by atoms with Gasteiger partial charge in [0.1, 0.15) is 0 Å². The number of halogens is 2. The van der Waals surface area contributed by atoms with E-state index in [1.165, 1.54) is 18.2 Å². The summed E-state index contributed by atoms with van der Waals surface area (Å²) < 4.78 is 34.1. The van der Waals surface area contributed by atoms with Crippen molar-refractivity contribution in [3.8, 4) is 0 Å². The molecule has 0 aliphatic carbocycles. The van der Waals surface area contributed by atoms with Crippen LogP contribution in [0.5, 0.6) is 0 Å². The molecule has 0 fully saturated rings. The molecule has 2 atom stereocenters. The van der Waals surface area contributed by atoms with Gasteiger partial charge in [-0.1, -0.05) is 0 Å². The lowest BCUT2D eigenvalue weighted by atomic mass is 10.2. The van der Waals surface area contributed by atoms with Crippen molar-refractivity contribution in [2.75, 3.05) is 12.0 Å². The van der Waals surface area contributed by atoms with E-state index >= 15 is 0 Å². The molecular weight excluding hydrogens is 390 g/mol. The van der Waals surface area contributed by atoms with Gasteiger partial charge in [-0.15, -0.1) is 0 Å². The summed E-state index contributed by atoms with van der Waals surface area (Å²) in [7, 11) is 0.311. The standard InChI is InChI=1S/C11H13BrClNO4S2/c1-7(6-19(2)16)14-11(15)9-5-8(20(13,17)18)3-4-10(9)12/h3-5,7H,6H2,1-2H3,(H,14,15). The molecule has 1 aromatic rings. The van der Waals surface area contributed by atoms with E-state index in [1.807, 2.05) is 0 Å². The third kappa shape index (κ3) is 5.16. The number of nitrogens with one attached hydrogen (secondary N) is 1. The number of hydrogen-bond acceptors (Lipinski definition) is 4. The zero-order valence-corrected chi connectivity index (χ0v) is 14.7. The molecule has 5 nitrogen and oxygen atoms in total. The first kappa shape index (κ1) is 17.6. The summed E-state index contributed by atoms with van der Waals surface area (Å²) in [5, 5.41) is 2.65. The van der Waals surface area contributed by atoms with Crippen LogP contribution in [0.3, 0.4) is 0 Å². The van der Waals surface area contributed by atoms with Gasteiger partial charge in [0.25, 0.3) is 15.0 Å². The van der Waals surface area contributed by atoms with Crippen molar-refractivity contribution in [2.45, 2.75) is 17.9 Å². The van der Waals surface area contributed by atoms with E-state index < -0.39 is 25.8 Å². The van der Waals surface area contributed by atoms with Crippen LogP contribution >= 0.6 is 26.6 Å². The van der Waals surface area contributed by atoms with Gasteiger partial charge in [-0.2, -0.15) is 0 Å². The molecule has 0 spiro atoms. The van der Waals surface area contributed by atoms with Crippen LogP contribution in [0.4, 0.5) is 0 Å². The normalized spacial score (nSPS) is 14.6. The minimum atomic E-state index is -3.90. The molecule has 0 saturated heterocycles. The third-order valence-electron chi connectivity index (χ3n) is 2.33. The Morgan fingerprint density at radius 2 is 2.10 bits per heavy atom. The van der Waals surface area contributed by atoms with E-state index in [9.17, 15) is 17.4 Å². The van der Waals surface area contributed by atoms with Crippen LogP contribution in [0.25, 0.3) is 0 Å². The molecule has 0 aromatic heterocycles. The summed E-state index contributed by atoms with van der Waals surface area (Å²) in [5.41, 5.74) is 0.153. The zero-order valence-electron chi connectivity index (χ0n) is 10.7. The monoisotopic (exact) mass is 401 g/mol. The molecule has 0 heterocycles. The fourth-order valence-electron chi connectivity index (χ4n) is 1.53. The van der Waals surface area contributed by atoms with Crippen LogP contribution in [-0.2, 0) is 19.9 Å². The maximum absolute atomic E-state index is 12.1. The van der Waals surface area contributed by atoms with Crippen LogP contribution < -0.4 is 5.32 Å². The summed E-state index contributed by atoms with van der Waals surface area (Å²) in [6, 6.07) is 3.63. The van der Waals surface area contributed by atoms with Gasteiger partial charge >= 0.3 is 0 Å². The predicted octanol–water partition coefficient (Wildman–Crippen LogP) is 1.87. The molecule has 1 aromatic carbocycles. The Kier molecular flexibility index (Phi) is 6.18. The average Bonchev–Trinajstić information content (AvgIpc) is 2.26. The van der Waals surface area contributed by atoms with Crippen molar-refractivity contribution in [3.63, 3.8) is 0 Å². The lowest BCUT2D eigenvalue weighted by Crippen LogP contribution is -2.36. The van der Waals surface area contributed by atoms with Gasteiger partial charge < -0.3 is 5.32 Å². The van der Waals surface area contributed by atoms with Gasteiger partial charge in [-0.25, -0.2) is 8.42 Å². The van der Waals surface area contributed by atoms with Gasteiger partial charge in [0, 0.05) is 44.0 Å². The maximum atomic E-state index is 12.1. The summed E-state index contributed by atoms with van der Waals surface area (Å²) in [4.78, 5) is 11.9. The first-order chi connectivity index (χ1) is 9.11. The zero-order chi connectivity index (χ0) is 15.5. The van der Waals surface area contributed by atoms with Gasteiger partial charge in [0.05, 0.1) is 10.5 Å². The highest BCUT2D eigenvalue weighted by molar-refractivity contribution is 9.10. The SMILES string of the molecule is CC(CS(C)=O)NC(=O)c1cc(S(=O)(=O)Cl)ccc1Br. The molecule has 0 aliphatic heterocycles. The van der Waals surface area contributed by atoms with Crippen LogP contribution in [0.2, 0.25) is 0 Å². The fraction of sp³-hybridized carbons (Fsp3) is 0.364. The molecular formula is C11H13BrClNO4S2. The Morgan fingerprint density at radius 1 is 1.50 bits per heavy atom. The van der Waals surface area contributed by atoms with Gasteiger partial charge in [-0.3, -0.25) is 9.00 Å². The molecule has 0 radical (unpaired) electrons. The van der Waals surface area contributed by atoms with Gasteiger partial charge in [-0.05, 0) is 41.1 Å². The van der Waals surface area contributed by atoms with E-state index in [0.29, 0.717) is 10.2 Å². The highest BCUT2D eigenvalue weighted by atomic mass is 79.9. The van der Waals surface area contributed by atoms with Crippen molar-refractivity contribution >= 4 is 52.4 Å². The predicted molar refractivity (Wildman–Crippen MR) is 83.0 cm³/mol. The molecule has 0 bridgehead atoms. The Hall–Kier alpha value is -0.440. The Labute approximate surface area is 133 Å². The molecule has 0 saturated carbocycles. The summed E-state index contributed by atoms with van der Waals surface area (Å²) in [6.45, 7) is 1.72. The van der Waals surface area contributed by atoms with E-state index in [1.54, 1.807) is 13.2 Å². The number of carbonyl (C=O) groups excluding carboxylic acids is 1. The number of rotatable bonds is 5. The third-order valence-corrected chi connectivity index (χ3v) is 5.34. The van der Waals surface area contributed by atoms with Crippen molar-refractivity contribution in [1.82, 2.24) is 5.32 Å². The molecule has 9 heteroatoms. The molecule has 20 heavy (non-hydrogen) atoms. The number of hydrogen-bond donors (Lipinski definition) is 1. The smallest absolute Gasteiger partial charge is 0.261 e. The van der Waals surface area contributed by atoms with Crippen molar-refractivity contribution < 1.29 is 17.4 Å². The highest BCUT2D eigenvalue weighted by Gasteiger charge is 2.18. The average molecular weight is 403 g/mol. The quantitative estimate of drug-likeness (QED) is 0.763. The minimum absolute atomic E-state index is 0.153. The molecule has 0 aliphatic rings. The Morgan fingerprint density at radius 3 is 2.60 bits per heavy atom. The first-order valence-corrected chi connectivity index (χ1v) is 10.3. The van der Waals surface area contributed by atoms with Crippen molar-refractivity contribution in [3.05, 3.63) is 28.2 Å². The Bertz CT molecular complexity index is 648. The lowest BCUT2D eigenvalue weighted by molar-refractivity contribution is 0.0942. The fourth-order valence-corrected chi connectivity index (χ4v) is 3.52. The number of carbonyl (C=O) groups is 1. The Balaban J connectivity index is 3.01. The summed E-state index contributed by atoms with van der Waals surface area (Å²) >= 11 is 3.18. The molecule has 2 unspecified atom stereocenters. The second-order valence-electron chi connectivity index (χ2n) is 4.19. The molecule has 1 N–H and O–H groups in total. The molecule has 1 amide bonds. The van der Waals surface area contributed by atoms with Crippen LogP contribution in [-0.4, -0.2) is 36.6 Å². The lowest BCUT2D eigenvalue weighted by Gasteiger charge is -2.13. The summed E-state index contributed by atoms with van der Waals surface area (Å²) in [6.07, 6.45) is 1.54. The van der Waals surface area contributed by atoms with Crippen LogP contribution in [0, 0.1) is 0 Å². The summed E-state index contributed by atoms with van der Waals surface area (Å²) in [5.74, 6) is -0.145. The van der Waals surface area contributed by atoms with E-state index in [4.69, 9.17) is 10.7 Å². The van der Waals surface area contributed by atoms with E-state index in [-0.39, 0.29) is 16.5 Å². The van der Waals surface area contributed by atoms with Crippen LogP contribution in [0.15, 0.2) is 27.6 Å². The van der Waals surface area contributed by atoms with Crippen molar-refractivity contribution in [2.24, 2.45) is 0 Å². The van der Waals surface area contributed by atoms with Crippen molar-refractivity contribution in [1.29, 1.82) is 0 Å². The second-order valence-corrected chi connectivity index (χ2v) is 9.09. The topological polar surface area (TPSA) is 80.3 Å². The molecule has 112 valence electrons. The van der Waals surface area contributed by atoms with Gasteiger partial charge in [0.15, 0.2) is 0 Å². The van der Waals surface area contributed by atoms with E-state index in [2.05, 4.69) is 21.2 Å². The second kappa shape index (κ2) is 7.02. The van der Waals surface area contributed by atoms with Crippen LogP contribution in [0.1, 0.15) is 17.3 Å². The first-order valence-electron chi connectivity index (χ1n) is 5.46. The largest absolute Gasteiger partial charge is 0.349 e. The number of amides is 1. The maximum Gasteiger partial charge on any atom is 0.261 e. The van der Waals surface area contributed by atoms with Gasteiger partial charge in [0.2, 0.25) is 0 Å². The highest BCUT2D eigenvalue weighted by Crippen LogP contribution is 2.23. The van der Waals surface area contributed by atoms with E-state index in [0.717, 1.165) is 0 Å². The molecule has 1 rings (SSSR count).